The van der Waals surface area contributed by atoms with Gasteiger partial charge in [-0.15, -0.1) is 0 Å². The third-order valence-electron chi connectivity index (χ3n) is 3.54. The summed E-state index contributed by atoms with van der Waals surface area (Å²) >= 11 is 0. The number of amides is 1. The summed E-state index contributed by atoms with van der Waals surface area (Å²) in [5.41, 5.74) is 0.939. The fourth-order valence-electron chi connectivity index (χ4n) is 2.11. The van der Waals surface area contributed by atoms with Crippen molar-refractivity contribution < 1.29 is 27.7 Å². The smallest absolute Gasteiger partial charge is 0.318 e. The number of benzene rings is 2. The lowest BCUT2D eigenvalue weighted by Gasteiger charge is -2.07. The number of hydrogen-bond acceptors (Lipinski definition) is 4. The molecule has 0 aliphatic rings. The van der Waals surface area contributed by atoms with Gasteiger partial charge in [0.25, 0.3) is 5.69 Å². The molecular formula is C18H13F3N2O4. The zero-order chi connectivity index (χ0) is 20.2. The standard InChI is InChI=1S/C18H13F3N2O4/c1-11-2-3-12(10-15(11)23(26)27)4-9-16(24)13-5-7-14(8-6-13)22-17(25)18(19,20)21/h2-10H,1H3,(H,22,25)/b9-4+. The summed E-state index contributed by atoms with van der Waals surface area (Å²) in [5, 5.41) is 12.6. The molecule has 0 aromatic heterocycles. The Bertz CT molecular complexity index is 919. The van der Waals surface area contributed by atoms with E-state index in [0.29, 0.717) is 11.1 Å². The van der Waals surface area contributed by atoms with Gasteiger partial charge in [0.15, 0.2) is 5.78 Å². The second kappa shape index (κ2) is 7.81. The molecule has 2 aromatic carbocycles. The Balaban J connectivity index is 2.10. The van der Waals surface area contributed by atoms with Crippen LogP contribution in [0.5, 0.6) is 0 Å². The van der Waals surface area contributed by atoms with Crippen LogP contribution in [0.1, 0.15) is 21.5 Å². The van der Waals surface area contributed by atoms with Crippen LogP contribution in [0.4, 0.5) is 24.5 Å². The zero-order valence-electron chi connectivity index (χ0n) is 13.9. The van der Waals surface area contributed by atoms with Crippen LogP contribution in [-0.4, -0.2) is 22.8 Å². The zero-order valence-corrected chi connectivity index (χ0v) is 13.9. The molecule has 27 heavy (non-hydrogen) atoms. The molecule has 2 rings (SSSR count). The van der Waals surface area contributed by atoms with Gasteiger partial charge in [-0.1, -0.05) is 18.2 Å². The minimum atomic E-state index is -5.01. The average Bonchev–Trinajstić information content (AvgIpc) is 2.60. The van der Waals surface area contributed by atoms with Crippen LogP contribution in [-0.2, 0) is 4.79 Å². The van der Waals surface area contributed by atoms with E-state index < -0.39 is 22.8 Å². The maximum Gasteiger partial charge on any atom is 0.471 e. The van der Waals surface area contributed by atoms with Crippen LogP contribution in [0.2, 0.25) is 0 Å². The average molecular weight is 378 g/mol. The second-order valence-electron chi connectivity index (χ2n) is 5.53. The van der Waals surface area contributed by atoms with Gasteiger partial charge in [-0.2, -0.15) is 13.2 Å². The minimum absolute atomic E-state index is 0.0747. The molecule has 1 N–H and O–H groups in total. The van der Waals surface area contributed by atoms with Gasteiger partial charge in [-0.3, -0.25) is 19.7 Å². The number of anilines is 1. The monoisotopic (exact) mass is 378 g/mol. The minimum Gasteiger partial charge on any atom is -0.318 e. The van der Waals surface area contributed by atoms with Crippen molar-refractivity contribution in [3.05, 3.63) is 75.3 Å². The Kier molecular flexibility index (Phi) is 5.74. The molecule has 0 spiro atoms. The van der Waals surface area contributed by atoms with Gasteiger partial charge in [0.05, 0.1) is 4.92 Å². The number of ketones is 1. The maximum absolute atomic E-state index is 12.2. The lowest BCUT2D eigenvalue weighted by molar-refractivity contribution is -0.385. The third-order valence-corrected chi connectivity index (χ3v) is 3.54. The molecule has 140 valence electrons. The van der Waals surface area contributed by atoms with Gasteiger partial charge in [0.2, 0.25) is 0 Å². The Hall–Kier alpha value is -3.49. The molecule has 1 amide bonds. The predicted molar refractivity (Wildman–Crippen MR) is 92.3 cm³/mol. The number of nitrogens with zero attached hydrogens (tertiary/aromatic N) is 1. The number of rotatable bonds is 5. The van der Waals surface area contributed by atoms with Crippen LogP contribution in [0, 0.1) is 17.0 Å². The number of carbonyl (C=O) groups is 2. The van der Waals surface area contributed by atoms with Crippen molar-refractivity contribution in [1.29, 1.82) is 0 Å². The predicted octanol–water partition coefficient (Wildman–Crippen LogP) is 4.30. The molecule has 0 heterocycles. The van der Waals surface area contributed by atoms with Crippen LogP contribution >= 0.6 is 0 Å². The normalized spacial score (nSPS) is 11.4. The van der Waals surface area contributed by atoms with Crippen molar-refractivity contribution in [3.8, 4) is 0 Å². The largest absolute Gasteiger partial charge is 0.471 e. The van der Waals surface area contributed by atoms with Gasteiger partial charge in [-0.05, 0) is 42.8 Å². The number of nitro benzene ring substituents is 1. The highest BCUT2D eigenvalue weighted by Gasteiger charge is 2.38. The lowest BCUT2D eigenvalue weighted by Crippen LogP contribution is -2.29. The number of halogens is 3. The number of nitro groups is 1. The highest BCUT2D eigenvalue weighted by Crippen LogP contribution is 2.21. The lowest BCUT2D eigenvalue weighted by atomic mass is 10.1. The van der Waals surface area contributed by atoms with Crippen molar-refractivity contribution in [2.75, 3.05) is 5.32 Å². The summed E-state index contributed by atoms with van der Waals surface area (Å²) in [5.74, 6) is -2.56. The number of nitrogens with one attached hydrogen (secondary N) is 1. The summed E-state index contributed by atoms with van der Waals surface area (Å²) < 4.78 is 36.6. The van der Waals surface area contributed by atoms with E-state index in [1.54, 1.807) is 24.4 Å². The van der Waals surface area contributed by atoms with E-state index in [1.807, 2.05) is 0 Å². The van der Waals surface area contributed by atoms with Crippen molar-refractivity contribution in [3.63, 3.8) is 0 Å². The fraction of sp³-hybridized carbons (Fsp3) is 0.111. The Morgan fingerprint density at radius 2 is 1.74 bits per heavy atom. The van der Waals surface area contributed by atoms with Gasteiger partial charge in [0.1, 0.15) is 0 Å². The Morgan fingerprint density at radius 1 is 1.11 bits per heavy atom. The quantitative estimate of drug-likeness (QED) is 0.364. The molecule has 0 saturated heterocycles. The number of carbonyl (C=O) groups excluding carboxylic acids is 2. The molecule has 9 heteroatoms. The summed E-state index contributed by atoms with van der Waals surface area (Å²) in [6, 6.07) is 9.35. The van der Waals surface area contributed by atoms with Gasteiger partial charge >= 0.3 is 12.1 Å². The number of alkyl halides is 3. The number of hydrogen-bond donors (Lipinski definition) is 1. The van der Waals surface area contributed by atoms with Crippen molar-refractivity contribution in [2.24, 2.45) is 0 Å². The molecule has 6 nitrogen and oxygen atoms in total. The van der Waals surface area contributed by atoms with E-state index in [0.717, 1.165) is 0 Å². The van der Waals surface area contributed by atoms with Gasteiger partial charge in [0, 0.05) is 22.9 Å². The first-order chi connectivity index (χ1) is 12.6. The molecule has 0 aliphatic carbocycles. The third kappa shape index (κ3) is 5.24. The summed E-state index contributed by atoms with van der Waals surface area (Å²) in [4.78, 5) is 33.4. The summed E-state index contributed by atoms with van der Waals surface area (Å²) in [6.45, 7) is 1.59. The van der Waals surface area contributed by atoms with E-state index in [2.05, 4.69) is 0 Å². The highest BCUT2D eigenvalue weighted by atomic mass is 19.4. The molecule has 0 fully saturated rings. The molecule has 0 aliphatic heterocycles. The first-order valence-electron chi connectivity index (χ1n) is 7.53. The fourth-order valence-corrected chi connectivity index (χ4v) is 2.11. The van der Waals surface area contributed by atoms with Crippen molar-refractivity contribution in [2.45, 2.75) is 13.1 Å². The maximum atomic E-state index is 12.2. The highest BCUT2D eigenvalue weighted by molar-refractivity contribution is 6.07. The van der Waals surface area contributed by atoms with Crippen LogP contribution in [0.15, 0.2) is 48.5 Å². The molecule has 2 aromatic rings. The first-order valence-corrected chi connectivity index (χ1v) is 7.53. The second-order valence-corrected chi connectivity index (χ2v) is 5.53. The van der Waals surface area contributed by atoms with E-state index in [-0.39, 0.29) is 16.9 Å². The summed E-state index contributed by atoms with van der Waals surface area (Å²) in [6.07, 6.45) is -2.42. The SMILES string of the molecule is Cc1ccc(/C=C/C(=O)c2ccc(NC(=O)C(F)(F)F)cc2)cc1[N+](=O)[O-]. The summed E-state index contributed by atoms with van der Waals surface area (Å²) in [7, 11) is 0. The van der Waals surface area contributed by atoms with Crippen molar-refractivity contribution >= 4 is 29.1 Å². The van der Waals surface area contributed by atoms with Crippen LogP contribution < -0.4 is 5.32 Å². The first kappa shape index (κ1) is 19.8. The Morgan fingerprint density at radius 3 is 2.30 bits per heavy atom. The molecule has 0 unspecified atom stereocenters. The van der Waals surface area contributed by atoms with Gasteiger partial charge < -0.3 is 5.32 Å². The van der Waals surface area contributed by atoms with E-state index in [9.17, 15) is 32.9 Å². The molecule has 0 atom stereocenters. The van der Waals surface area contributed by atoms with E-state index >= 15 is 0 Å². The molecule has 0 radical (unpaired) electrons. The van der Waals surface area contributed by atoms with Crippen LogP contribution in [0.25, 0.3) is 6.08 Å². The van der Waals surface area contributed by atoms with E-state index in [1.165, 1.54) is 42.5 Å². The van der Waals surface area contributed by atoms with E-state index in [4.69, 9.17) is 0 Å². The topological polar surface area (TPSA) is 89.3 Å². The molecule has 0 saturated carbocycles. The molecular weight excluding hydrogens is 365 g/mol. The Labute approximate surface area is 151 Å². The number of aryl methyl sites for hydroxylation is 1. The van der Waals surface area contributed by atoms with Crippen LogP contribution in [0.3, 0.4) is 0 Å². The van der Waals surface area contributed by atoms with Crippen molar-refractivity contribution in [1.82, 2.24) is 0 Å². The van der Waals surface area contributed by atoms with Gasteiger partial charge in [-0.25, -0.2) is 0 Å². The molecule has 0 bridgehead atoms. The number of allylic oxidation sites excluding steroid dienone is 1.